The maximum atomic E-state index is 12.0. The van der Waals surface area contributed by atoms with Crippen molar-refractivity contribution in [3.63, 3.8) is 0 Å². The summed E-state index contributed by atoms with van der Waals surface area (Å²) in [7, 11) is 2.94. The molecule has 0 saturated heterocycles. The second-order valence-corrected chi connectivity index (χ2v) is 4.89. The summed E-state index contributed by atoms with van der Waals surface area (Å²) in [6.07, 6.45) is 0. The fourth-order valence-electron chi connectivity index (χ4n) is 2.04. The van der Waals surface area contributed by atoms with Crippen molar-refractivity contribution in [1.29, 1.82) is 5.26 Å². The first kappa shape index (κ1) is 17.8. The van der Waals surface area contributed by atoms with Gasteiger partial charge in [0.05, 0.1) is 31.4 Å². The van der Waals surface area contributed by atoms with E-state index in [4.69, 9.17) is 19.5 Å². The first-order valence-electron chi connectivity index (χ1n) is 7.26. The van der Waals surface area contributed by atoms with E-state index in [1.54, 1.807) is 24.3 Å². The first-order chi connectivity index (χ1) is 12.1. The number of esters is 1. The summed E-state index contributed by atoms with van der Waals surface area (Å²) < 4.78 is 15.2. The van der Waals surface area contributed by atoms with Crippen molar-refractivity contribution >= 4 is 17.6 Å². The van der Waals surface area contributed by atoms with Gasteiger partial charge in [-0.25, -0.2) is 4.79 Å². The van der Waals surface area contributed by atoms with Gasteiger partial charge >= 0.3 is 5.97 Å². The molecule has 0 spiro atoms. The Kier molecular flexibility index (Phi) is 5.96. The third-order valence-corrected chi connectivity index (χ3v) is 3.23. The summed E-state index contributed by atoms with van der Waals surface area (Å²) in [6.45, 7) is -0.454. The van der Waals surface area contributed by atoms with E-state index < -0.39 is 18.5 Å². The molecule has 1 amide bonds. The summed E-state index contributed by atoms with van der Waals surface area (Å²) in [5.41, 5.74) is 1.10. The lowest BCUT2D eigenvalue weighted by molar-refractivity contribution is -0.119. The van der Waals surface area contributed by atoms with E-state index in [-0.39, 0.29) is 5.56 Å². The highest BCUT2D eigenvalue weighted by Gasteiger charge is 2.13. The van der Waals surface area contributed by atoms with Gasteiger partial charge in [-0.05, 0) is 36.4 Å². The quantitative estimate of drug-likeness (QED) is 0.811. The molecular weight excluding hydrogens is 324 g/mol. The highest BCUT2D eigenvalue weighted by Crippen LogP contribution is 2.27. The number of ether oxygens (including phenoxy) is 3. The Morgan fingerprint density at radius 3 is 2.52 bits per heavy atom. The van der Waals surface area contributed by atoms with E-state index in [1.165, 1.54) is 32.4 Å². The molecule has 2 aromatic carbocycles. The molecule has 0 bridgehead atoms. The smallest absolute Gasteiger partial charge is 0.338 e. The number of hydrogen-bond acceptors (Lipinski definition) is 6. The maximum Gasteiger partial charge on any atom is 0.338 e. The largest absolute Gasteiger partial charge is 0.493 e. The normalized spacial score (nSPS) is 9.64. The topological polar surface area (TPSA) is 97.6 Å². The number of methoxy groups -OCH3 is 2. The summed E-state index contributed by atoms with van der Waals surface area (Å²) >= 11 is 0. The van der Waals surface area contributed by atoms with Crippen molar-refractivity contribution in [2.45, 2.75) is 0 Å². The van der Waals surface area contributed by atoms with Crippen molar-refractivity contribution in [1.82, 2.24) is 0 Å². The lowest BCUT2D eigenvalue weighted by Gasteiger charge is -2.10. The van der Waals surface area contributed by atoms with Crippen LogP contribution in [0.5, 0.6) is 11.5 Å². The predicted octanol–water partition coefficient (Wildman–Crippen LogP) is 2.37. The van der Waals surface area contributed by atoms with Gasteiger partial charge in [-0.15, -0.1) is 0 Å². The molecule has 0 fully saturated rings. The minimum atomic E-state index is -0.665. The minimum Gasteiger partial charge on any atom is -0.493 e. The van der Waals surface area contributed by atoms with Crippen LogP contribution in [0.3, 0.4) is 0 Å². The van der Waals surface area contributed by atoms with Crippen LogP contribution in [0.1, 0.15) is 15.9 Å². The molecule has 25 heavy (non-hydrogen) atoms. The standard InChI is InChI=1S/C18H16N2O5/c1-23-15-7-6-13(9-16(15)24-2)18(22)25-11-17(21)20-14-5-3-4-12(8-14)10-19/h3-9H,11H2,1-2H3,(H,20,21). The molecule has 0 aliphatic rings. The van der Waals surface area contributed by atoms with Gasteiger partial charge in [0.1, 0.15) is 0 Å². The van der Waals surface area contributed by atoms with Crippen molar-refractivity contribution in [2.24, 2.45) is 0 Å². The fraction of sp³-hybridized carbons (Fsp3) is 0.167. The van der Waals surface area contributed by atoms with E-state index in [1.807, 2.05) is 6.07 Å². The zero-order valence-electron chi connectivity index (χ0n) is 13.7. The Morgan fingerprint density at radius 2 is 1.84 bits per heavy atom. The van der Waals surface area contributed by atoms with Crippen molar-refractivity contribution in [2.75, 3.05) is 26.1 Å². The SMILES string of the molecule is COc1ccc(C(=O)OCC(=O)Nc2cccc(C#N)c2)cc1OC. The third kappa shape index (κ3) is 4.72. The Labute approximate surface area is 144 Å². The number of nitrogens with one attached hydrogen (secondary N) is 1. The van der Waals surface area contributed by atoms with E-state index >= 15 is 0 Å². The third-order valence-electron chi connectivity index (χ3n) is 3.23. The maximum absolute atomic E-state index is 12.0. The molecule has 1 N–H and O–H groups in total. The highest BCUT2D eigenvalue weighted by atomic mass is 16.5. The van der Waals surface area contributed by atoms with Crippen molar-refractivity contribution in [3.8, 4) is 17.6 Å². The van der Waals surface area contributed by atoms with Crippen LogP contribution in [-0.4, -0.2) is 32.7 Å². The zero-order valence-corrected chi connectivity index (χ0v) is 13.7. The molecule has 128 valence electrons. The number of hydrogen-bond donors (Lipinski definition) is 1. The molecule has 0 atom stereocenters. The van der Waals surface area contributed by atoms with E-state index in [0.717, 1.165) is 0 Å². The molecule has 7 heteroatoms. The highest BCUT2D eigenvalue weighted by molar-refractivity contribution is 5.95. The lowest BCUT2D eigenvalue weighted by atomic mass is 10.2. The molecule has 0 unspecified atom stereocenters. The molecule has 0 heterocycles. The fourth-order valence-corrected chi connectivity index (χ4v) is 2.04. The lowest BCUT2D eigenvalue weighted by Crippen LogP contribution is -2.21. The second kappa shape index (κ2) is 8.36. The van der Waals surface area contributed by atoms with Gasteiger partial charge in [0.15, 0.2) is 18.1 Å². The number of carbonyl (C=O) groups is 2. The molecule has 0 aromatic heterocycles. The van der Waals surface area contributed by atoms with Crippen LogP contribution in [0.25, 0.3) is 0 Å². The molecule has 0 radical (unpaired) electrons. The minimum absolute atomic E-state index is 0.233. The van der Waals surface area contributed by atoms with Gasteiger partial charge in [-0.1, -0.05) is 6.07 Å². The van der Waals surface area contributed by atoms with Crippen LogP contribution in [0.2, 0.25) is 0 Å². The number of amides is 1. The molecule has 7 nitrogen and oxygen atoms in total. The molecule has 0 saturated carbocycles. The average Bonchev–Trinajstić information content (AvgIpc) is 2.65. The van der Waals surface area contributed by atoms with Gasteiger partial charge in [0.2, 0.25) is 0 Å². The van der Waals surface area contributed by atoms with E-state index in [9.17, 15) is 9.59 Å². The van der Waals surface area contributed by atoms with Gasteiger partial charge in [0, 0.05) is 5.69 Å². The second-order valence-electron chi connectivity index (χ2n) is 4.89. The first-order valence-corrected chi connectivity index (χ1v) is 7.26. The number of rotatable bonds is 6. The molecule has 0 aliphatic heterocycles. The van der Waals surface area contributed by atoms with Crippen LogP contribution in [0.15, 0.2) is 42.5 Å². The number of anilines is 1. The van der Waals surface area contributed by atoms with E-state index in [0.29, 0.717) is 22.7 Å². The van der Waals surface area contributed by atoms with Gasteiger partial charge in [-0.2, -0.15) is 5.26 Å². The predicted molar refractivity (Wildman–Crippen MR) is 89.6 cm³/mol. The monoisotopic (exact) mass is 340 g/mol. The number of nitriles is 1. The van der Waals surface area contributed by atoms with Crippen LogP contribution in [0.4, 0.5) is 5.69 Å². The summed E-state index contributed by atoms with van der Waals surface area (Å²) in [4.78, 5) is 23.9. The Hall–Kier alpha value is -3.53. The molecular formula is C18H16N2O5. The van der Waals surface area contributed by atoms with Crippen LogP contribution < -0.4 is 14.8 Å². The van der Waals surface area contributed by atoms with Crippen LogP contribution in [-0.2, 0) is 9.53 Å². The number of carbonyl (C=O) groups excluding carboxylic acids is 2. The van der Waals surface area contributed by atoms with Gasteiger partial charge in [-0.3, -0.25) is 4.79 Å². The van der Waals surface area contributed by atoms with Gasteiger partial charge in [0.25, 0.3) is 5.91 Å². The molecule has 2 rings (SSSR count). The molecule has 0 aliphatic carbocycles. The average molecular weight is 340 g/mol. The zero-order chi connectivity index (χ0) is 18.2. The van der Waals surface area contributed by atoms with Crippen molar-refractivity contribution < 1.29 is 23.8 Å². The van der Waals surface area contributed by atoms with Crippen LogP contribution >= 0.6 is 0 Å². The van der Waals surface area contributed by atoms with Crippen LogP contribution in [0, 0.1) is 11.3 Å². The Morgan fingerprint density at radius 1 is 1.08 bits per heavy atom. The molecule has 2 aromatic rings. The Bertz CT molecular complexity index is 826. The summed E-state index contributed by atoms with van der Waals surface area (Å²) in [5, 5.41) is 11.4. The van der Waals surface area contributed by atoms with Crippen molar-refractivity contribution in [3.05, 3.63) is 53.6 Å². The summed E-state index contributed by atoms with van der Waals surface area (Å²) in [6, 6.07) is 12.9. The number of benzene rings is 2. The van der Waals surface area contributed by atoms with Gasteiger partial charge < -0.3 is 19.5 Å². The number of nitrogens with zero attached hydrogens (tertiary/aromatic N) is 1. The van der Waals surface area contributed by atoms with E-state index in [2.05, 4.69) is 5.32 Å². The summed E-state index contributed by atoms with van der Waals surface area (Å²) in [5.74, 6) is -0.310. The Balaban J connectivity index is 1.95.